The molecule has 0 N–H and O–H groups in total. The Morgan fingerprint density at radius 2 is 1.23 bits per heavy atom. The molecule has 5 heteroatoms. The van der Waals surface area contributed by atoms with Crippen LogP contribution in [0.1, 0.15) is 67.7 Å². The third-order valence-corrected chi connectivity index (χ3v) is 7.45. The molecule has 0 saturated carbocycles. The first-order valence-electron chi connectivity index (χ1n) is 13.5. The topological polar surface area (TPSA) is 67.3 Å². The van der Waals surface area contributed by atoms with Crippen LogP contribution in [-0.4, -0.2) is 35.4 Å². The number of Topliss-reactive ketones (excluding diaryl/α,β-unsaturated/α-hetero) is 2. The lowest BCUT2D eigenvalue weighted by Crippen LogP contribution is -2.32. The second-order valence-corrected chi connectivity index (χ2v) is 10.4. The Morgan fingerprint density at radius 1 is 0.692 bits per heavy atom. The zero-order valence-corrected chi connectivity index (χ0v) is 22.2. The maximum absolute atomic E-state index is 13.0. The van der Waals surface area contributed by atoms with E-state index in [0.717, 1.165) is 30.1 Å². The molecule has 196 valence electrons. The van der Waals surface area contributed by atoms with Crippen molar-refractivity contribution in [3.05, 3.63) is 131 Å². The first-order chi connectivity index (χ1) is 19.0. The Kier molecular flexibility index (Phi) is 8.07. The average Bonchev–Trinajstić information content (AvgIpc) is 2.98. The van der Waals surface area contributed by atoms with E-state index in [1.54, 1.807) is 60.8 Å². The molecular formula is C34H32N2O3. The molecule has 5 nitrogen and oxygen atoms in total. The van der Waals surface area contributed by atoms with Crippen LogP contribution in [0.5, 0.6) is 0 Å². The number of benzene rings is 3. The summed E-state index contributed by atoms with van der Waals surface area (Å²) in [5, 5.41) is 0. The number of piperidine rings is 1. The maximum Gasteiger partial charge on any atom is 0.193 e. The Morgan fingerprint density at radius 3 is 1.77 bits per heavy atom. The highest BCUT2D eigenvalue weighted by Crippen LogP contribution is 2.24. The van der Waals surface area contributed by atoms with Gasteiger partial charge in [0, 0.05) is 54.5 Å². The molecule has 0 amide bonds. The highest BCUT2D eigenvalue weighted by molar-refractivity contribution is 6.09. The average molecular weight is 517 g/mol. The molecule has 2 heterocycles. The molecule has 0 bridgehead atoms. The molecule has 4 aromatic rings. The van der Waals surface area contributed by atoms with E-state index >= 15 is 0 Å². The largest absolute Gasteiger partial charge is 0.372 e. The SMILES string of the molecule is CC1CCN(c2ccc(C(=O)Cc3ccc(C(=O)c4ccc(CC(=O)c5ccccn5)cc4)cc3)cc2)CC1. The molecule has 0 aliphatic carbocycles. The van der Waals surface area contributed by atoms with Crippen molar-refractivity contribution in [2.24, 2.45) is 5.92 Å². The number of pyridine rings is 1. The number of rotatable bonds is 9. The number of aromatic nitrogens is 1. The van der Waals surface area contributed by atoms with Gasteiger partial charge < -0.3 is 4.90 Å². The third kappa shape index (κ3) is 6.55. The van der Waals surface area contributed by atoms with Gasteiger partial charge >= 0.3 is 0 Å². The number of hydrogen-bond donors (Lipinski definition) is 0. The van der Waals surface area contributed by atoms with Gasteiger partial charge in [0.25, 0.3) is 0 Å². The normalized spacial score (nSPS) is 13.7. The van der Waals surface area contributed by atoms with Crippen LogP contribution in [0.25, 0.3) is 0 Å². The van der Waals surface area contributed by atoms with Crippen LogP contribution in [0, 0.1) is 5.92 Å². The molecule has 1 aliphatic rings. The fourth-order valence-electron chi connectivity index (χ4n) is 4.93. The first kappa shape index (κ1) is 26.2. The summed E-state index contributed by atoms with van der Waals surface area (Å²) in [5.41, 5.74) is 5.11. The van der Waals surface area contributed by atoms with Crippen molar-refractivity contribution >= 4 is 23.0 Å². The summed E-state index contributed by atoms with van der Waals surface area (Å²) < 4.78 is 0. The Labute approximate surface area is 229 Å². The summed E-state index contributed by atoms with van der Waals surface area (Å²) >= 11 is 0. The van der Waals surface area contributed by atoms with Gasteiger partial charge in [0.2, 0.25) is 0 Å². The van der Waals surface area contributed by atoms with E-state index in [2.05, 4.69) is 16.8 Å². The van der Waals surface area contributed by atoms with Crippen LogP contribution in [0.2, 0.25) is 0 Å². The quantitative estimate of drug-likeness (QED) is 0.241. The van der Waals surface area contributed by atoms with E-state index in [1.165, 1.54) is 18.5 Å². The highest BCUT2D eigenvalue weighted by atomic mass is 16.1. The van der Waals surface area contributed by atoms with Crippen LogP contribution < -0.4 is 4.90 Å². The number of anilines is 1. The number of carbonyl (C=O) groups is 3. The zero-order valence-electron chi connectivity index (χ0n) is 22.2. The molecule has 1 saturated heterocycles. The second-order valence-electron chi connectivity index (χ2n) is 10.4. The fourth-order valence-corrected chi connectivity index (χ4v) is 4.93. The van der Waals surface area contributed by atoms with E-state index in [0.29, 0.717) is 22.4 Å². The van der Waals surface area contributed by atoms with E-state index in [-0.39, 0.29) is 30.2 Å². The van der Waals surface area contributed by atoms with Gasteiger partial charge in [-0.2, -0.15) is 0 Å². The van der Waals surface area contributed by atoms with Crippen LogP contribution in [0.4, 0.5) is 5.69 Å². The molecule has 1 aliphatic heterocycles. The number of carbonyl (C=O) groups excluding carboxylic acids is 3. The number of nitrogens with zero attached hydrogens (tertiary/aromatic N) is 2. The Balaban J connectivity index is 1.17. The standard InChI is InChI=1S/C34H32N2O3/c1-24-17-20-36(21-18-24)30-15-13-27(14-16-30)32(37)22-25-5-9-28(10-6-25)34(39)29-11-7-26(8-12-29)23-33(38)31-4-2-3-19-35-31/h2-16,19,24H,17-18,20-23H2,1H3. The summed E-state index contributed by atoms with van der Waals surface area (Å²) in [5.74, 6) is 0.679. The monoisotopic (exact) mass is 516 g/mol. The molecule has 0 atom stereocenters. The molecule has 1 aromatic heterocycles. The van der Waals surface area contributed by atoms with Crippen molar-refractivity contribution in [1.29, 1.82) is 0 Å². The second kappa shape index (κ2) is 12.0. The van der Waals surface area contributed by atoms with Crippen molar-refractivity contribution in [1.82, 2.24) is 4.98 Å². The lowest BCUT2D eigenvalue weighted by molar-refractivity contribution is 0.0982. The van der Waals surface area contributed by atoms with Crippen LogP contribution in [-0.2, 0) is 12.8 Å². The summed E-state index contributed by atoms with van der Waals surface area (Å²) in [4.78, 5) is 44.7. The summed E-state index contributed by atoms with van der Waals surface area (Å²) in [6.07, 6.45) is 4.53. The van der Waals surface area contributed by atoms with Gasteiger partial charge in [-0.25, -0.2) is 0 Å². The molecule has 0 unspecified atom stereocenters. The summed E-state index contributed by atoms with van der Waals surface area (Å²) in [7, 11) is 0. The maximum atomic E-state index is 13.0. The minimum atomic E-state index is -0.0989. The van der Waals surface area contributed by atoms with E-state index < -0.39 is 0 Å². The van der Waals surface area contributed by atoms with E-state index in [1.807, 2.05) is 36.4 Å². The van der Waals surface area contributed by atoms with Crippen LogP contribution in [0.15, 0.2) is 97.2 Å². The predicted octanol–water partition coefficient (Wildman–Crippen LogP) is 6.40. The Bertz CT molecular complexity index is 1440. The van der Waals surface area contributed by atoms with Crippen LogP contribution >= 0.6 is 0 Å². The molecule has 39 heavy (non-hydrogen) atoms. The first-order valence-corrected chi connectivity index (χ1v) is 13.5. The third-order valence-electron chi connectivity index (χ3n) is 7.45. The van der Waals surface area contributed by atoms with Gasteiger partial charge in [0.1, 0.15) is 5.69 Å². The van der Waals surface area contributed by atoms with E-state index in [4.69, 9.17) is 0 Å². The van der Waals surface area contributed by atoms with Gasteiger partial charge in [-0.1, -0.05) is 61.5 Å². The van der Waals surface area contributed by atoms with E-state index in [9.17, 15) is 14.4 Å². The minimum absolute atomic E-state index is 0.0590. The molecule has 0 spiro atoms. The molecule has 3 aromatic carbocycles. The highest BCUT2D eigenvalue weighted by Gasteiger charge is 2.17. The van der Waals surface area contributed by atoms with Crippen molar-refractivity contribution in [2.45, 2.75) is 32.6 Å². The van der Waals surface area contributed by atoms with Gasteiger partial charge in [0.05, 0.1) is 0 Å². The fraction of sp³-hybridized carbons (Fsp3) is 0.235. The number of ketones is 3. The van der Waals surface area contributed by atoms with Gasteiger partial charge in [-0.3, -0.25) is 19.4 Å². The summed E-state index contributed by atoms with van der Waals surface area (Å²) in [6, 6.07) is 27.5. The van der Waals surface area contributed by atoms with Gasteiger partial charge in [-0.15, -0.1) is 0 Å². The van der Waals surface area contributed by atoms with Crippen molar-refractivity contribution < 1.29 is 14.4 Å². The van der Waals surface area contributed by atoms with Crippen molar-refractivity contribution in [3.63, 3.8) is 0 Å². The summed E-state index contributed by atoms with van der Waals surface area (Å²) in [6.45, 7) is 4.43. The molecule has 0 radical (unpaired) electrons. The smallest absolute Gasteiger partial charge is 0.193 e. The van der Waals surface area contributed by atoms with Crippen molar-refractivity contribution in [2.75, 3.05) is 18.0 Å². The van der Waals surface area contributed by atoms with Gasteiger partial charge in [-0.05, 0) is 66.3 Å². The Hall–Kier alpha value is -4.38. The molecular weight excluding hydrogens is 484 g/mol. The molecule has 5 rings (SSSR count). The minimum Gasteiger partial charge on any atom is -0.372 e. The molecule has 1 fully saturated rings. The van der Waals surface area contributed by atoms with Gasteiger partial charge in [0.15, 0.2) is 17.3 Å². The lowest BCUT2D eigenvalue weighted by atomic mass is 9.97. The number of hydrogen-bond acceptors (Lipinski definition) is 5. The zero-order chi connectivity index (χ0) is 27.2. The van der Waals surface area contributed by atoms with Crippen molar-refractivity contribution in [3.8, 4) is 0 Å². The predicted molar refractivity (Wildman–Crippen MR) is 154 cm³/mol. The van der Waals surface area contributed by atoms with Crippen LogP contribution in [0.3, 0.4) is 0 Å². The lowest BCUT2D eigenvalue weighted by Gasteiger charge is -2.32.